The average Bonchev–Trinajstić information content (AvgIpc) is 3.69. The predicted molar refractivity (Wildman–Crippen MR) is 339 cm³/mol. The van der Waals surface area contributed by atoms with Gasteiger partial charge in [0.05, 0.1) is 0 Å². The Hall–Kier alpha value is -6.80. The Kier molecular flexibility index (Phi) is 36.2. The second-order valence-corrected chi connectivity index (χ2v) is 22.6. The van der Waals surface area contributed by atoms with Crippen LogP contribution in [0.3, 0.4) is 0 Å². The number of amides is 10. The Morgan fingerprint density at radius 2 is 0.818 bits per heavy atom. The van der Waals surface area contributed by atoms with E-state index in [2.05, 4.69) is 94.4 Å². The molecule has 0 radical (unpaired) electrons. The molecule has 0 bridgehead atoms. The van der Waals surface area contributed by atoms with Gasteiger partial charge in [0.15, 0.2) is 0 Å². The zero-order chi connectivity index (χ0) is 64.7. The van der Waals surface area contributed by atoms with Crippen LogP contribution in [-0.2, 0) is 60.8 Å². The van der Waals surface area contributed by atoms with E-state index >= 15 is 0 Å². The summed E-state index contributed by atoms with van der Waals surface area (Å²) in [7, 11) is 0. The van der Waals surface area contributed by atoms with Crippen LogP contribution < -0.4 is 86.3 Å². The molecule has 0 spiro atoms. The van der Waals surface area contributed by atoms with Gasteiger partial charge < -0.3 is 91.2 Å². The first kappa shape index (κ1) is 75.4. The molecule has 1 aliphatic rings. The summed E-state index contributed by atoms with van der Waals surface area (Å²) in [5, 5.41) is 58.8. The molecule has 4 atom stereocenters. The van der Waals surface area contributed by atoms with Crippen LogP contribution in [0.5, 0.6) is 11.5 Å². The monoisotopic (exact) mass is 1270 g/mol. The average molecular weight is 1270 g/mol. The molecule has 1 saturated heterocycles. The molecule has 2 aromatic rings. The fourth-order valence-electron chi connectivity index (χ4n) is 9.36. The summed E-state index contributed by atoms with van der Waals surface area (Å²) in [5.74, 6) is -4.10. The number of carbonyl (C=O) groups excluding carboxylic acids is 10. The molecule has 1 heterocycles. The minimum absolute atomic E-state index is 0.0162. The maximum absolute atomic E-state index is 13.6. The highest BCUT2D eigenvalue weighted by atomic mass is 32.1. The fourth-order valence-corrected chi connectivity index (χ4v) is 9.90. The molecule has 28 nitrogen and oxygen atoms in total. The van der Waals surface area contributed by atoms with E-state index in [1.807, 2.05) is 6.92 Å². The molecule has 88 heavy (non-hydrogen) atoms. The Labute approximate surface area is 526 Å². The van der Waals surface area contributed by atoms with Crippen molar-refractivity contribution in [1.82, 2.24) is 69.1 Å². The van der Waals surface area contributed by atoms with Gasteiger partial charge in [0.2, 0.25) is 59.1 Å². The van der Waals surface area contributed by atoms with Crippen LogP contribution in [0.2, 0.25) is 0 Å². The second-order valence-electron chi connectivity index (χ2n) is 21.9. The van der Waals surface area contributed by atoms with Gasteiger partial charge in [0, 0.05) is 128 Å². The number of phenols is 2. The number of hydrogen-bond acceptors (Lipinski definition) is 20. The first-order chi connectivity index (χ1) is 42.1. The molecule has 0 aliphatic carbocycles. The van der Waals surface area contributed by atoms with Gasteiger partial charge in [0.1, 0.15) is 47.0 Å². The van der Waals surface area contributed by atoms with Crippen LogP contribution in [-0.4, -0.2) is 188 Å². The van der Waals surface area contributed by atoms with E-state index in [1.54, 1.807) is 24.3 Å². The molecule has 3 rings (SSSR count). The minimum Gasteiger partial charge on any atom is -0.508 e. The first-order valence-corrected chi connectivity index (χ1v) is 31.4. The normalized spacial score (nSPS) is 17.9. The number of benzene rings is 2. The standard InChI is InChI=1S/C58H96N16O12S2/c1-2-68-58(74-52(82)16-10-14-50(80)70-44(32-40-19-23-42(76)24-20-40)56(86)67-26-8-4-6-12-48(78)72-46(34-88)54(60)84)37-64-29-27-62-35-57(61,36-63-28-30-65-38-58)73-51(81)15-9-13-49(79)69-43(31-39-17-21-41(75)22-18-39)55(85)66-25-7-3-5-11-47(77)71-45(33-87)53(59)83/h17-24,43-46,62-65,68,75-76,87-88H,2-16,25-38,61H2,1H3,(H2,59,83)(H2,60,84)(H,66,85)(H,67,86)(H,69,79)(H,70,80)(H,71,77)(H,72,78)(H,73,81)(H,74,82)/t43?,44?,45?,46?,57-,58+. The minimum atomic E-state index is -1.21. The van der Waals surface area contributed by atoms with Crippen LogP contribution in [0.4, 0.5) is 0 Å². The molecule has 0 saturated carbocycles. The first-order valence-electron chi connectivity index (χ1n) is 30.2. The van der Waals surface area contributed by atoms with E-state index in [0.717, 1.165) is 0 Å². The van der Waals surface area contributed by atoms with Gasteiger partial charge in [-0.15, -0.1) is 0 Å². The van der Waals surface area contributed by atoms with Crippen molar-refractivity contribution in [3.05, 3.63) is 59.7 Å². The summed E-state index contributed by atoms with van der Waals surface area (Å²) in [6.07, 6.45) is 4.20. The summed E-state index contributed by atoms with van der Waals surface area (Å²) >= 11 is 8.05. The summed E-state index contributed by atoms with van der Waals surface area (Å²) in [6, 6.07) is 8.95. The molecule has 21 N–H and O–H groups in total. The molecule has 30 heteroatoms. The molecule has 1 fully saturated rings. The number of rotatable bonds is 38. The molecule has 0 aromatic heterocycles. The Morgan fingerprint density at radius 1 is 0.477 bits per heavy atom. The number of thiol groups is 2. The molecular formula is C58H96N16O12S2. The van der Waals surface area contributed by atoms with Crippen molar-refractivity contribution in [2.75, 3.05) is 83.5 Å². The molecule has 2 aromatic carbocycles. The summed E-state index contributed by atoms with van der Waals surface area (Å²) in [4.78, 5) is 127. The van der Waals surface area contributed by atoms with Crippen LogP contribution >= 0.6 is 25.3 Å². The molecule has 1 aliphatic heterocycles. The third-order valence-corrected chi connectivity index (χ3v) is 14.9. The van der Waals surface area contributed by atoms with Gasteiger partial charge in [-0.3, -0.25) is 53.3 Å². The predicted octanol–water partition coefficient (Wildman–Crippen LogP) is -3.09. The third kappa shape index (κ3) is 31.9. The lowest BCUT2D eigenvalue weighted by atomic mass is 10.0. The van der Waals surface area contributed by atoms with Crippen molar-refractivity contribution < 1.29 is 58.2 Å². The SMILES string of the molecule is CCN[C@]1(NC(=O)CCCC(=O)NC(Cc2ccc(O)cc2)C(=O)NCCCCCC(=O)NC(CS)C(N)=O)CNCCNC[C@@](N)(NC(=O)CCCC(=O)NC(Cc2ccc(O)cc2)C(=O)NCCCCCC(=O)NC(CS)C(N)=O)CNCCNC1. The van der Waals surface area contributed by atoms with Crippen molar-refractivity contribution in [1.29, 1.82) is 0 Å². The second kappa shape index (κ2) is 42.2. The number of carbonyl (C=O) groups is 10. The van der Waals surface area contributed by atoms with E-state index in [-0.39, 0.29) is 137 Å². The van der Waals surface area contributed by atoms with Crippen LogP contribution in [0.25, 0.3) is 0 Å². The molecule has 10 amide bonds. The molecule has 4 unspecified atom stereocenters. The van der Waals surface area contributed by atoms with E-state index in [0.29, 0.717) is 95.5 Å². The largest absolute Gasteiger partial charge is 0.508 e. The van der Waals surface area contributed by atoms with Gasteiger partial charge in [-0.05, 0) is 80.5 Å². The third-order valence-electron chi connectivity index (χ3n) is 14.1. The van der Waals surface area contributed by atoms with Gasteiger partial charge >= 0.3 is 0 Å². The lowest BCUT2D eigenvalue weighted by Crippen LogP contribution is -2.69. The Balaban J connectivity index is 1.45. The highest BCUT2D eigenvalue weighted by Gasteiger charge is 2.32. The van der Waals surface area contributed by atoms with Crippen molar-refractivity contribution in [2.45, 2.75) is 145 Å². The van der Waals surface area contributed by atoms with Gasteiger partial charge in [-0.25, -0.2) is 0 Å². The number of aromatic hydroxyl groups is 2. The van der Waals surface area contributed by atoms with Gasteiger partial charge in [-0.2, -0.15) is 25.3 Å². The number of phenolic OH excluding ortho intramolecular Hbond substituents is 2. The van der Waals surface area contributed by atoms with Crippen molar-refractivity contribution in [3.8, 4) is 11.5 Å². The number of unbranched alkanes of at least 4 members (excludes halogenated alkanes) is 4. The molecule has 492 valence electrons. The van der Waals surface area contributed by atoms with Crippen LogP contribution in [0, 0.1) is 0 Å². The number of nitrogens with two attached hydrogens (primary N) is 3. The zero-order valence-corrected chi connectivity index (χ0v) is 52.3. The summed E-state index contributed by atoms with van der Waals surface area (Å²) < 4.78 is 0. The van der Waals surface area contributed by atoms with Crippen LogP contribution in [0.1, 0.15) is 108 Å². The maximum Gasteiger partial charge on any atom is 0.242 e. The highest BCUT2D eigenvalue weighted by molar-refractivity contribution is 7.80. The Bertz CT molecular complexity index is 2500. The molecular weight excluding hydrogens is 1180 g/mol. The van der Waals surface area contributed by atoms with E-state index in [9.17, 15) is 58.2 Å². The highest BCUT2D eigenvalue weighted by Crippen LogP contribution is 2.14. The Morgan fingerprint density at radius 3 is 1.18 bits per heavy atom. The number of likely N-dealkylation sites (N-methyl/N-ethyl adjacent to an activating group) is 1. The van der Waals surface area contributed by atoms with Crippen molar-refractivity contribution in [2.24, 2.45) is 17.2 Å². The van der Waals surface area contributed by atoms with Gasteiger partial charge in [0.25, 0.3) is 0 Å². The van der Waals surface area contributed by atoms with E-state index < -0.39 is 70.9 Å². The van der Waals surface area contributed by atoms with Crippen molar-refractivity contribution >= 4 is 84.3 Å². The number of primary amides is 2. The smallest absolute Gasteiger partial charge is 0.242 e. The fraction of sp³-hybridized carbons (Fsp3) is 0.621. The quantitative estimate of drug-likeness (QED) is 0.0180. The lowest BCUT2D eigenvalue weighted by molar-refractivity contribution is -0.129. The van der Waals surface area contributed by atoms with E-state index in [4.69, 9.17) is 17.2 Å². The zero-order valence-electron chi connectivity index (χ0n) is 50.5. The topological polar surface area (TPSA) is 446 Å². The van der Waals surface area contributed by atoms with Gasteiger partial charge in [-0.1, -0.05) is 44.0 Å². The van der Waals surface area contributed by atoms with Crippen LogP contribution in [0.15, 0.2) is 48.5 Å². The summed E-state index contributed by atoms with van der Waals surface area (Å²) in [6.45, 7) is 5.79. The number of nitrogens with one attached hydrogen (secondary N) is 13. The van der Waals surface area contributed by atoms with E-state index in [1.165, 1.54) is 24.3 Å². The number of hydrogen-bond donors (Lipinski definition) is 20. The maximum atomic E-state index is 13.6. The lowest BCUT2D eigenvalue weighted by Gasteiger charge is -2.37. The van der Waals surface area contributed by atoms with Crippen molar-refractivity contribution in [3.63, 3.8) is 0 Å². The summed E-state index contributed by atoms with van der Waals surface area (Å²) in [5.41, 5.74) is 16.6.